The summed E-state index contributed by atoms with van der Waals surface area (Å²) < 4.78 is 25.1. The van der Waals surface area contributed by atoms with Crippen molar-refractivity contribution in [1.82, 2.24) is 20.3 Å². The number of amides is 1. The second-order valence-corrected chi connectivity index (χ2v) is 10.0. The Morgan fingerprint density at radius 2 is 2.03 bits per heavy atom. The van der Waals surface area contributed by atoms with Crippen molar-refractivity contribution in [1.29, 1.82) is 5.41 Å². The Hall–Kier alpha value is -3.14. The number of hydrogen-bond donors (Lipinski definition) is 4. The van der Waals surface area contributed by atoms with E-state index < -0.39 is 22.2 Å². The Morgan fingerprint density at radius 3 is 2.72 bits per heavy atom. The van der Waals surface area contributed by atoms with Crippen LogP contribution in [0.3, 0.4) is 0 Å². The van der Waals surface area contributed by atoms with Gasteiger partial charge in [0, 0.05) is 52.3 Å². The van der Waals surface area contributed by atoms with Crippen molar-refractivity contribution in [3.63, 3.8) is 0 Å². The molecular formula is C22H27FN6O2S. The minimum Gasteiger partial charge on any atom is -0.384 e. The number of benzene rings is 1. The molecule has 170 valence electrons. The lowest BCUT2D eigenvalue weighted by molar-refractivity contribution is 0.0921. The number of carbonyl (C=O) groups excluding carboxylic acids is 1. The molecule has 10 heteroatoms. The first-order valence-electron chi connectivity index (χ1n) is 10.1. The molecule has 1 amide bonds. The molecule has 0 saturated carbocycles. The van der Waals surface area contributed by atoms with Crippen LogP contribution in [0.1, 0.15) is 48.8 Å². The topological polar surface area (TPSA) is 124 Å². The summed E-state index contributed by atoms with van der Waals surface area (Å²) in [5.41, 5.74) is 1.91. The maximum absolute atomic E-state index is 13.9. The Kier molecular flexibility index (Phi) is 7.02. The van der Waals surface area contributed by atoms with Crippen LogP contribution in [0.25, 0.3) is 11.2 Å². The summed E-state index contributed by atoms with van der Waals surface area (Å²) in [5, 5.41) is 14.7. The van der Waals surface area contributed by atoms with Gasteiger partial charge in [-0.3, -0.25) is 14.4 Å². The Balaban J connectivity index is 1.90. The van der Waals surface area contributed by atoms with E-state index in [2.05, 4.69) is 25.6 Å². The van der Waals surface area contributed by atoms with Crippen molar-refractivity contribution in [2.45, 2.75) is 32.7 Å². The van der Waals surface area contributed by atoms with Gasteiger partial charge in [-0.15, -0.1) is 0 Å². The van der Waals surface area contributed by atoms with Crippen molar-refractivity contribution in [2.75, 3.05) is 23.9 Å². The third kappa shape index (κ3) is 5.76. The second-order valence-electron chi connectivity index (χ2n) is 8.48. The number of rotatable bonds is 8. The number of fused-ring (bicyclic) bond motifs is 1. The van der Waals surface area contributed by atoms with E-state index in [1.54, 1.807) is 12.5 Å². The summed E-state index contributed by atoms with van der Waals surface area (Å²) in [4.78, 5) is 24.4. The third-order valence-electron chi connectivity index (χ3n) is 4.55. The van der Waals surface area contributed by atoms with Crippen LogP contribution in [0.15, 0.2) is 30.6 Å². The first-order valence-corrected chi connectivity index (χ1v) is 11.9. The van der Waals surface area contributed by atoms with E-state index in [1.165, 1.54) is 24.4 Å². The van der Waals surface area contributed by atoms with Gasteiger partial charge in [0.2, 0.25) is 0 Å². The minimum atomic E-state index is -0.904. The van der Waals surface area contributed by atoms with Crippen molar-refractivity contribution >= 4 is 39.3 Å². The number of anilines is 1. The van der Waals surface area contributed by atoms with Crippen molar-refractivity contribution < 1.29 is 13.4 Å². The molecule has 1 atom stereocenters. The monoisotopic (exact) mass is 458 g/mol. The number of hydrogen-bond acceptors (Lipinski definition) is 6. The first-order chi connectivity index (χ1) is 15.0. The van der Waals surface area contributed by atoms with E-state index in [4.69, 9.17) is 5.41 Å². The van der Waals surface area contributed by atoms with Gasteiger partial charge in [-0.2, -0.15) is 0 Å². The van der Waals surface area contributed by atoms with Gasteiger partial charge in [0.25, 0.3) is 5.91 Å². The molecule has 2 aromatic heterocycles. The van der Waals surface area contributed by atoms with Crippen LogP contribution in [-0.4, -0.2) is 54.9 Å². The fourth-order valence-corrected chi connectivity index (χ4v) is 3.66. The summed E-state index contributed by atoms with van der Waals surface area (Å²) in [6.07, 6.45) is 5.27. The number of nitrogens with zero attached hydrogens (tertiary/aromatic N) is 2. The van der Waals surface area contributed by atoms with Crippen LogP contribution < -0.4 is 10.6 Å². The Labute approximate surface area is 188 Å². The van der Waals surface area contributed by atoms with Gasteiger partial charge in [-0.25, -0.2) is 14.4 Å². The van der Waals surface area contributed by atoms with Crippen LogP contribution in [0.2, 0.25) is 0 Å². The standard InChI is InChI=1S/C22H27FN6O2S/c1-22(2,3)29-21(30)15-11-26-20-19(15)28-17(12-27-20)18(24)14-7-6-13(23)10-16(14)25-8-5-9-32(4)31/h6-7,10-12,24-25H,5,8-9H2,1-4H3,(H,26,27)(H,29,30). The first kappa shape index (κ1) is 23.5. The van der Waals surface area contributed by atoms with E-state index in [1.807, 2.05) is 20.8 Å². The summed E-state index contributed by atoms with van der Waals surface area (Å²) in [6, 6.07) is 4.10. The molecule has 0 aliphatic rings. The summed E-state index contributed by atoms with van der Waals surface area (Å²) in [6.45, 7) is 6.14. The number of nitrogens with one attached hydrogen (secondary N) is 4. The fourth-order valence-electron chi connectivity index (χ4n) is 3.11. The highest BCUT2D eigenvalue weighted by atomic mass is 32.2. The number of carbonyl (C=O) groups is 1. The lowest BCUT2D eigenvalue weighted by Gasteiger charge is -2.20. The van der Waals surface area contributed by atoms with Gasteiger partial charge < -0.3 is 15.6 Å². The Bertz CT molecular complexity index is 1180. The van der Waals surface area contributed by atoms with Crippen LogP contribution >= 0.6 is 0 Å². The zero-order valence-electron chi connectivity index (χ0n) is 18.5. The van der Waals surface area contributed by atoms with Crippen LogP contribution in [-0.2, 0) is 10.8 Å². The molecule has 0 radical (unpaired) electrons. The molecule has 0 fully saturated rings. The number of aromatic nitrogens is 3. The maximum atomic E-state index is 13.9. The maximum Gasteiger partial charge on any atom is 0.255 e. The quantitative estimate of drug-likeness (QED) is 0.305. The summed E-state index contributed by atoms with van der Waals surface area (Å²) >= 11 is 0. The molecule has 32 heavy (non-hydrogen) atoms. The van der Waals surface area contributed by atoms with Crippen LogP contribution in [0.4, 0.5) is 10.1 Å². The van der Waals surface area contributed by atoms with E-state index in [0.29, 0.717) is 46.7 Å². The molecule has 2 heterocycles. The minimum absolute atomic E-state index is 0.0457. The number of halogens is 1. The molecule has 1 unspecified atom stereocenters. The highest BCUT2D eigenvalue weighted by Gasteiger charge is 2.21. The normalized spacial score (nSPS) is 12.5. The molecule has 0 aliphatic heterocycles. The van der Waals surface area contributed by atoms with E-state index >= 15 is 0 Å². The van der Waals surface area contributed by atoms with Crippen molar-refractivity contribution in [2.24, 2.45) is 0 Å². The molecule has 0 aliphatic carbocycles. The van der Waals surface area contributed by atoms with E-state index in [-0.39, 0.29) is 17.3 Å². The summed E-state index contributed by atoms with van der Waals surface area (Å²) in [5.74, 6) is -0.194. The van der Waals surface area contributed by atoms with Gasteiger partial charge in [0.05, 0.1) is 17.5 Å². The zero-order valence-corrected chi connectivity index (χ0v) is 19.3. The smallest absolute Gasteiger partial charge is 0.255 e. The molecule has 4 N–H and O–H groups in total. The number of H-pyrrole nitrogens is 1. The number of aromatic amines is 1. The largest absolute Gasteiger partial charge is 0.384 e. The third-order valence-corrected chi connectivity index (χ3v) is 5.41. The van der Waals surface area contributed by atoms with Gasteiger partial charge in [-0.05, 0) is 45.4 Å². The van der Waals surface area contributed by atoms with E-state index in [0.717, 1.165) is 0 Å². The Morgan fingerprint density at radius 1 is 1.28 bits per heavy atom. The average molecular weight is 459 g/mol. The molecule has 1 aromatic carbocycles. The lowest BCUT2D eigenvalue weighted by Crippen LogP contribution is -2.40. The van der Waals surface area contributed by atoms with Gasteiger partial charge in [0.1, 0.15) is 17.0 Å². The average Bonchev–Trinajstić information content (AvgIpc) is 3.13. The highest BCUT2D eigenvalue weighted by Crippen LogP contribution is 2.22. The predicted octanol–water partition coefficient (Wildman–Crippen LogP) is 3.22. The SMILES string of the molecule is CS(=O)CCCNc1cc(F)ccc1C(=N)c1cnc2[nH]cc(C(=O)NC(C)(C)C)c2n1. The van der Waals surface area contributed by atoms with Crippen LogP contribution in [0.5, 0.6) is 0 Å². The highest BCUT2D eigenvalue weighted by molar-refractivity contribution is 7.84. The van der Waals surface area contributed by atoms with Gasteiger partial charge in [-0.1, -0.05) is 0 Å². The molecule has 0 spiro atoms. The zero-order chi connectivity index (χ0) is 23.5. The molecular weight excluding hydrogens is 431 g/mol. The van der Waals surface area contributed by atoms with Crippen molar-refractivity contribution in [3.05, 3.63) is 53.2 Å². The van der Waals surface area contributed by atoms with Gasteiger partial charge >= 0.3 is 0 Å². The lowest BCUT2D eigenvalue weighted by atomic mass is 10.0. The van der Waals surface area contributed by atoms with Crippen molar-refractivity contribution in [3.8, 4) is 0 Å². The molecule has 0 bridgehead atoms. The molecule has 0 saturated heterocycles. The predicted molar refractivity (Wildman–Crippen MR) is 125 cm³/mol. The fraction of sp³-hybridized carbons (Fsp3) is 0.364. The van der Waals surface area contributed by atoms with Gasteiger partial charge in [0.15, 0.2) is 5.65 Å². The van der Waals surface area contributed by atoms with E-state index in [9.17, 15) is 13.4 Å². The molecule has 8 nitrogen and oxygen atoms in total. The second kappa shape index (κ2) is 9.56. The molecule has 3 rings (SSSR count). The summed E-state index contributed by atoms with van der Waals surface area (Å²) in [7, 11) is -0.904. The molecule has 3 aromatic rings. The van der Waals surface area contributed by atoms with Crippen LogP contribution in [0, 0.1) is 11.2 Å².